The molecule has 1 aromatic carbocycles. The molecular weight excluding hydrogens is 355 g/mol. The van der Waals surface area contributed by atoms with Crippen LogP contribution in [-0.4, -0.2) is 51.2 Å². The summed E-state index contributed by atoms with van der Waals surface area (Å²) in [6, 6.07) is 5.78. The molecule has 0 unspecified atom stereocenters. The van der Waals surface area contributed by atoms with E-state index in [0.717, 1.165) is 27.8 Å². The Kier molecular flexibility index (Phi) is 7.33. The first-order valence-corrected chi connectivity index (χ1v) is 7.35. The molecule has 0 atom stereocenters. The second-order valence-electron chi connectivity index (χ2n) is 4.49. The lowest BCUT2D eigenvalue weighted by molar-refractivity contribution is 0.0946. The van der Waals surface area contributed by atoms with Crippen molar-refractivity contribution in [3.05, 3.63) is 32.9 Å². The van der Waals surface area contributed by atoms with Gasteiger partial charge in [-0.25, -0.2) is 0 Å². The van der Waals surface area contributed by atoms with Gasteiger partial charge in [0.1, 0.15) is 0 Å². The molecule has 0 bridgehead atoms. The second-order valence-corrected chi connectivity index (χ2v) is 5.57. The Bertz CT molecular complexity index is 424. The van der Waals surface area contributed by atoms with Crippen molar-refractivity contribution in [3.8, 4) is 0 Å². The number of amides is 1. The van der Waals surface area contributed by atoms with Crippen LogP contribution in [0.5, 0.6) is 0 Å². The standard InChI is InChI=1S/C14H21IN2O2/c1-11-5-4-6-12(13(11)15)14(18)16-7-8-17(2)9-10-19-3/h4-6H,7-10H2,1-3H3,(H,16,18). The maximum atomic E-state index is 12.1. The topological polar surface area (TPSA) is 41.6 Å². The van der Waals surface area contributed by atoms with E-state index >= 15 is 0 Å². The van der Waals surface area contributed by atoms with E-state index in [9.17, 15) is 4.79 Å². The minimum Gasteiger partial charge on any atom is -0.383 e. The zero-order chi connectivity index (χ0) is 14.3. The number of benzene rings is 1. The van der Waals surface area contributed by atoms with Crippen molar-refractivity contribution >= 4 is 28.5 Å². The summed E-state index contributed by atoms with van der Waals surface area (Å²) in [6.45, 7) is 5.05. The Labute approximate surface area is 128 Å². The summed E-state index contributed by atoms with van der Waals surface area (Å²) in [5.74, 6) is -0.00626. The number of rotatable bonds is 7. The smallest absolute Gasteiger partial charge is 0.252 e. The molecule has 0 saturated heterocycles. The average Bonchev–Trinajstić information content (AvgIpc) is 2.39. The molecule has 0 radical (unpaired) electrons. The first-order chi connectivity index (χ1) is 9.06. The van der Waals surface area contributed by atoms with Crippen LogP contribution in [0.3, 0.4) is 0 Å². The van der Waals surface area contributed by atoms with Crippen LogP contribution < -0.4 is 5.32 Å². The molecule has 1 amide bonds. The highest BCUT2D eigenvalue weighted by molar-refractivity contribution is 14.1. The summed E-state index contributed by atoms with van der Waals surface area (Å²) in [5, 5.41) is 2.95. The van der Waals surface area contributed by atoms with E-state index in [1.54, 1.807) is 7.11 Å². The fraction of sp³-hybridized carbons (Fsp3) is 0.500. The predicted molar refractivity (Wildman–Crippen MR) is 85.6 cm³/mol. The Morgan fingerprint density at radius 3 is 2.84 bits per heavy atom. The summed E-state index contributed by atoms with van der Waals surface area (Å²) in [6.07, 6.45) is 0. The number of nitrogens with zero attached hydrogens (tertiary/aromatic N) is 1. The third-order valence-corrected chi connectivity index (χ3v) is 4.32. The van der Waals surface area contributed by atoms with Crippen molar-refractivity contribution in [2.24, 2.45) is 0 Å². The van der Waals surface area contributed by atoms with Gasteiger partial charge in [0.05, 0.1) is 12.2 Å². The Morgan fingerprint density at radius 2 is 2.16 bits per heavy atom. The lowest BCUT2D eigenvalue weighted by atomic mass is 10.1. The number of ether oxygens (including phenoxy) is 1. The highest BCUT2D eigenvalue weighted by atomic mass is 127. The molecule has 0 aromatic heterocycles. The number of nitrogens with one attached hydrogen (secondary N) is 1. The number of halogens is 1. The molecule has 19 heavy (non-hydrogen) atoms. The molecule has 1 N–H and O–H groups in total. The van der Waals surface area contributed by atoms with Gasteiger partial charge in [-0.05, 0) is 48.2 Å². The van der Waals surface area contributed by atoms with Gasteiger partial charge in [-0.15, -0.1) is 0 Å². The van der Waals surface area contributed by atoms with Crippen molar-refractivity contribution in [3.63, 3.8) is 0 Å². The number of likely N-dealkylation sites (N-methyl/N-ethyl adjacent to an activating group) is 1. The number of carbonyl (C=O) groups is 1. The second kappa shape index (κ2) is 8.50. The Morgan fingerprint density at radius 1 is 1.42 bits per heavy atom. The number of hydrogen-bond donors (Lipinski definition) is 1. The minimum absolute atomic E-state index is 0.00626. The molecule has 1 aromatic rings. The normalized spacial score (nSPS) is 10.8. The third-order valence-electron chi connectivity index (χ3n) is 2.89. The molecular formula is C14H21IN2O2. The van der Waals surface area contributed by atoms with E-state index in [-0.39, 0.29) is 5.91 Å². The monoisotopic (exact) mass is 376 g/mol. The van der Waals surface area contributed by atoms with Crippen LogP contribution >= 0.6 is 22.6 Å². The van der Waals surface area contributed by atoms with E-state index in [2.05, 4.69) is 32.8 Å². The lowest BCUT2D eigenvalue weighted by Crippen LogP contribution is -2.34. The first kappa shape index (κ1) is 16.4. The highest BCUT2D eigenvalue weighted by Crippen LogP contribution is 2.16. The van der Waals surface area contributed by atoms with Gasteiger partial charge in [-0.1, -0.05) is 12.1 Å². The Hall–Kier alpha value is -0.660. The molecule has 5 heteroatoms. The minimum atomic E-state index is -0.00626. The van der Waals surface area contributed by atoms with Gasteiger partial charge >= 0.3 is 0 Å². The van der Waals surface area contributed by atoms with Gasteiger partial charge < -0.3 is 15.0 Å². The van der Waals surface area contributed by atoms with Crippen LogP contribution in [0, 0.1) is 10.5 Å². The number of aryl methyl sites for hydroxylation is 1. The van der Waals surface area contributed by atoms with E-state index in [0.29, 0.717) is 13.2 Å². The van der Waals surface area contributed by atoms with Crippen molar-refractivity contribution in [2.45, 2.75) is 6.92 Å². The summed E-state index contributed by atoms with van der Waals surface area (Å²) in [7, 11) is 3.71. The fourth-order valence-electron chi connectivity index (χ4n) is 1.64. The van der Waals surface area contributed by atoms with Gasteiger partial charge in [-0.3, -0.25) is 4.79 Å². The lowest BCUT2D eigenvalue weighted by Gasteiger charge is -2.16. The summed E-state index contributed by atoms with van der Waals surface area (Å²) >= 11 is 2.22. The van der Waals surface area contributed by atoms with Crippen molar-refractivity contribution in [1.82, 2.24) is 10.2 Å². The maximum Gasteiger partial charge on any atom is 0.252 e. The molecule has 0 fully saturated rings. The van der Waals surface area contributed by atoms with Crippen molar-refractivity contribution in [1.29, 1.82) is 0 Å². The van der Waals surface area contributed by atoms with Crippen molar-refractivity contribution < 1.29 is 9.53 Å². The van der Waals surface area contributed by atoms with Crippen LogP contribution in [-0.2, 0) is 4.74 Å². The van der Waals surface area contributed by atoms with Gasteiger partial charge in [-0.2, -0.15) is 0 Å². The van der Waals surface area contributed by atoms with Gasteiger partial charge in [0.2, 0.25) is 0 Å². The van der Waals surface area contributed by atoms with Crippen molar-refractivity contribution in [2.75, 3.05) is 40.4 Å². The largest absolute Gasteiger partial charge is 0.383 e. The van der Waals surface area contributed by atoms with Crippen LogP contribution in [0.4, 0.5) is 0 Å². The van der Waals surface area contributed by atoms with Crippen LogP contribution in [0.15, 0.2) is 18.2 Å². The van der Waals surface area contributed by atoms with E-state index in [1.807, 2.05) is 32.2 Å². The number of methoxy groups -OCH3 is 1. The average molecular weight is 376 g/mol. The fourth-order valence-corrected chi connectivity index (χ4v) is 2.24. The van der Waals surface area contributed by atoms with E-state index in [1.165, 1.54) is 0 Å². The van der Waals surface area contributed by atoms with Gasteiger partial charge in [0.15, 0.2) is 0 Å². The van der Waals surface area contributed by atoms with Crippen LogP contribution in [0.2, 0.25) is 0 Å². The zero-order valence-electron chi connectivity index (χ0n) is 11.7. The molecule has 0 heterocycles. The van der Waals surface area contributed by atoms with E-state index < -0.39 is 0 Å². The molecule has 0 aliphatic carbocycles. The summed E-state index contributed by atoms with van der Waals surface area (Å²) in [4.78, 5) is 14.2. The molecule has 0 spiro atoms. The molecule has 0 aliphatic heterocycles. The first-order valence-electron chi connectivity index (χ1n) is 6.27. The SMILES string of the molecule is COCCN(C)CCNC(=O)c1cccc(C)c1I. The van der Waals surface area contributed by atoms with Gasteiger partial charge in [0, 0.05) is 30.3 Å². The predicted octanol–water partition coefficient (Wildman–Crippen LogP) is 1.91. The molecule has 106 valence electrons. The molecule has 0 saturated carbocycles. The summed E-state index contributed by atoms with van der Waals surface area (Å²) in [5.41, 5.74) is 1.88. The Balaban J connectivity index is 2.41. The highest BCUT2D eigenvalue weighted by Gasteiger charge is 2.10. The molecule has 0 aliphatic rings. The molecule has 1 rings (SSSR count). The molecule has 4 nitrogen and oxygen atoms in total. The quantitative estimate of drug-likeness (QED) is 0.740. The maximum absolute atomic E-state index is 12.1. The third kappa shape index (κ3) is 5.46. The number of carbonyl (C=O) groups excluding carboxylic acids is 1. The van der Waals surface area contributed by atoms with Crippen LogP contribution in [0.1, 0.15) is 15.9 Å². The zero-order valence-corrected chi connectivity index (χ0v) is 13.9. The van der Waals surface area contributed by atoms with Crippen LogP contribution in [0.25, 0.3) is 0 Å². The summed E-state index contributed by atoms with van der Waals surface area (Å²) < 4.78 is 6.03. The van der Waals surface area contributed by atoms with E-state index in [4.69, 9.17) is 4.74 Å². The van der Waals surface area contributed by atoms with Gasteiger partial charge in [0.25, 0.3) is 5.91 Å². The number of hydrogen-bond acceptors (Lipinski definition) is 3.